The second-order valence-electron chi connectivity index (χ2n) is 3.17. The van der Waals surface area contributed by atoms with Gasteiger partial charge in [-0.25, -0.2) is 0 Å². The van der Waals surface area contributed by atoms with Crippen LogP contribution in [0.1, 0.15) is 12.0 Å². The van der Waals surface area contributed by atoms with Gasteiger partial charge in [-0.3, -0.25) is 0 Å². The third-order valence-electron chi connectivity index (χ3n) is 1.92. The van der Waals surface area contributed by atoms with E-state index in [1.165, 1.54) is 5.56 Å². The quantitative estimate of drug-likeness (QED) is 0.516. The molecule has 0 aliphatic carbocycles. The average Bonchev–Trinajstić information content (AvgIpc) is 2.28. The van der Waals surface area contributed by atoms with Gasteiger partial charge in [0.2, 0.25) is 0 Å². The summed E-state index contributed by atoms with van der Waals surface area (Å²) in [6.07, 6.45) is 0.715. The van der Waals surface area contributed by atoms with Crippen molar-refractivity contribution in [1.29, 1.82) is 0 Å². The molecule has 0 spiro atoms. The Hall–Kier alpha value is -1.13. The summed E-state index contributed by atoms with van der Waals surface area (Å²) in [5.74, 6) is 0. The van der Waals surface area contributed by atoms with Crippen molar-refractivity contribution in [2.45, 2.75) is 13.0 Å². The lowest BCUT2D eigenvalue weighted by atomic mass is 10.2. The molecule has 4 heteroatoms. The predicted molar refractivity (Wildman–Crippen MR) is 65.6 cm³/mol. The minimum Gasteiger partial charge on any atom is -0.396 e. The molecule has 0 saturated carbocycles. The fourth-order valence-corrected chi connectivity index (χ4v) is 1.30. The maximum atomic E-state index is 8.58. The molecule has 1 aromatic carbocycles. The van der Waals surface area contributed by atoms with E-state index in [0.29, 0.717) is 18.1 Å². The smallest absolute Gasteiger partial charge is 0.166 e. The summed E-state index contributed by atoms with van der Waals surface area (Å²) in [5, 5.41) is 15.3. The van der Waals surface area contributed by atoms with E-state index >= 15 is 0 Å². The van der Waals surface area contributed by atoms with Crippen molar-refractivity contribution in [2.75, 3.05) is 13.2 Å². The van der Waals surface area contributed by atoms with Gasteiger partial charge in [0.25, 0.3) is 0 Å². The standard InChI is InChI=1S/C11H16N2OS/c14-8-4-7-12-11(15)13-9-10-5-2-1-3-6-10/h1-3,5-6,14H,4,7-9H2,(H2,12,13,15). The minimum atomic E-state index is 0.189. The summed E-state index contributed by atoms with van der Waals surface area (Å²) < 4.78 is 0. The van der Waals surface area contributed by atoms with Gasteiger partial charge >= 0.3 is 0 Å². The predicted octanol–water partition coefficient (Wildman–Crippen LogP) is 1.03. The van der Waals surface area contributed by atoms with Crippen LogP contribution in [0.5, 0.6) is 0 Å². The Balaban J connectivity index is 2.17. The molecular formula is C11H16N2OS. The van der Waals surface area contributed by atoms with Crippen molar-refractivity contribution in [2.24, 2.45) is 0 Å². The van der Waals surface area contributed by atoms with E-state index in [0.717, 1.165) is 6.54 Å². The van der Waals surface area contributed by atoms with Crippen LogP contribution in [0, 0.1) is 0 Å². The van der Waals surface area contributed by atoms with Crippen molar-refractivity contribution < 1.29 is 5.11 Å². The van der Waals surface area contributed by atoms with Gasteiger partial charge in [0.05, 0.1) is 0 Å². The van der Waals surface area contributed by atoms with Gasteiger partial charge in [-0.2, -0.15) is 0 Å². The summed E-state index contributed by atoms with van der Waals surface area (Å²) in [7, 11) is 0. The Kier molecular flexibility index (Phi) is 5.73. The van der Waals surface area contributed by atoms with Crippen LogP contribution in [0.25, 0.3) is 0 Å². The molecule has 0 saturated heterocycles. The monoisotopic (exact) mass is 224 g/mol. The van der Waals surface area contributed by atoms with Gasteiger partial charge in [0.15, 0.2) is 5.11 Å². The van der Waals surface area contributed by atoms with Crippen molar-refractivity contribution in [3.63, 3.8) is 0 Å². The van der Waals surface area contributed by atoms with Crippen molar-refractivity contribution >= 4 is 17.3 Å². The number of aliphatic hydroxyl groups excluding tert-OH is 1. The molecule has 3 N–H and O–H groups in total. The third kappa shape index (κ3) is 5.34. The fraction of sp³-hybridized carbons (Fsp3) is 0.364. The number of hydrogen-bond donors (Lipinski definition) is 3. The SMILES string of the molecule is OCCCNC(=S)NCc1ccccc1. The number of rotatable bonds is 5. The zero-order valence-corrected chi connectivity index (χ0v) is 9.39. The molecule has 82 valence electrons. The Bertz CT molecular complexity index is 290. The molecule has 0 heterocycles. The molecule has 0 aromatic heterocycles. The summed E-state index contributed by atoms with van der Waals surface area (Å²) in [6.45, 7) is 1.62. The van der Waals surface area contributed by atoms with E-state index in [2.05, 4.69) is 10.6 Å². The minimum absolute atomic E-state index is 0.189. The molecule has 3 nitrogen and oxygen atoms in total. The first kappa shape index (κ1) is 11.9. The highest BCUT2D eigenvalue weighted by Crippen LogP contribution is 1.96. The number of aliphatic hydroxyl groups is 1. The molecule has 1 rings (SSSR count). The number of nitrogens with one attached hydrogen (secondary N) is 2. The molecular weight excluding hydrogens is 208 g/mol. The molecule has 15 heavy (non-hydrogen) atoms. The molecule has 0 bridgehead atoms. The van der Waals surface area contributed by atoms with Crippen LogP contribution in [0.4, 0.5) is 0 Å². The Morgan fingerprint density at radius 1 is 1.20 bits per heavy atom. The maximum absolute atomic E-state index is 8.58. The number of benzene rings is 1. The van der Waals surface area contributed by atoms with E-state index in [1.807, 2.05) is 30.3 Å². The van der Waals surface area contributed by atoms with Crippen LogP contribution in [0.3, 0.4) is 0 Å². The van der Waals surface area contributed by atoms with E-state index < -0.39 is 0 Å². The van der Waals surface area contributed by atoms with Crippen LogP contribution >= 0.6 is 12.2 Å². The van der Waals surface area contributed by atoms with Gasteiger partial charge in [-0.15, -0.1) is 0 Å². The van der Waals surface area contributed by atoms with Crippen molar-refractivity contribution in [3.8, 4) is 0 Å². The third-order valence-corrected chi connectivity index (χ3v) is 2.21. The van der Waals surface area contributed by atoms with Crippen LogP contribution < -0.4 is 10.6 Å². The second kappa shape index (κ2) is 7.20. The van der Waals surface area contributed by atoms with Crippen molar-refractivity contribution in [1.82, 2.24) is 10.6 Å². The summed E-state index contributed by atoms with van der Waals surface area (Å²) in [4.78, 5) is 0. The summed E-state index contributed by atoms with van der Waals surface area (Å²) in [6, 6.07) is 10.1. The molecule has 1 aromatic rings. The molecule has 0 atom stereocenters. The van der Waals surface area contributed by atoms with Gasteiger partial charge in [0, 0.05) is 19.7 Å². The molecule has 0 aliphatic heterocycles. The maximum Gasteiger partial charge on any atom is 0.166 e. The van der Waals surface area contributed by atoms with E-state index in [4.69, 9.17) is 17.3 Å². The van der Waals surface area contributed by atoms with Gasteiger partial charge in [-0.05, 0) is 24.2 Å². The van der Waals surface area contributed by atoms with Crippen LogP contribution in [0.15, 0.2) is 30.3 Å². The topological polar surface area (TPSA) is 44.3 Å². The Morgan fingerprint density at radius 2 is 1.93 bits per heavy atom. The van der Waals surface area contributed by atoms with Gasteiger partial charge < -0.3 is 15.7 Å². The largest absolute Gasteiger partial charge is 0.396 e. The lowest BCUT2D eigenvalue weighted by Gasteiger charge is -2.09. The molecule has 0 unspecified atom stereocenters. The first-order chi connectivity index (χ1) is 7.33. The zero-order valence-electron chi connectivity index (χ0n) is 8.57. The summed E-state index contributed by atoms with van der Waals surface area (Å²) >= 11 is 5.06. The second-order valence-corrected chi connectivity index (χ2v) is 3.58. The van der Waals surface area contributed by atoms with E-state index in [9.17, 15) is 0 Å². The molecule has 0 amide bonds. The summed E-state index contributed by atoms with van der Waals surface area (Å²) in [5.41, 5.74) is 1.20. The first-order valence-corrected chi connectivity index (χ1v) is 5.40. The number of thiocarbonyl (C=S) groups is 1. The van der Waals surface area contributed by atoms with Gasteiger partial charge in [0.1, 0.15) is 0 Å². The average molecular weight is 224 g/mol. The van der Waals surface area contributed by atoms with Gasteiger partial charge in [-0.1, -0.05) is 30.3 Å². The number of hydrogen-bond acceptors (Lipinski definition) is 2. The van der Waals surface area contributed by atoms with Crippen LogP contribution in [-0.4, -0.2) is 23.4 Å². The van der Waals surface area contributed by atoms with Crippen LogP contribution in [-0.2, 0) is 6.54 Å². The normalized spacial score (nSPS) is 9.67. The Morgan fingerprint density at radius 3 is 2.60 bits per heavy atom. The molecule has 0 radical (unpaired) electrons. The van der Waals surface area contributed by atoms with Crippen molar-refractivity contribution in [3.05, 3.63) is 35.9 Å². The molecule has 0 fully saturated rings. The Labute approximate surface area is 95.5 Å². The molecule has 0 aliphatic rings. The highest BCUT2D eigenvalue weighted by molar-refractivity contribution is 7.80. The zero-order chi connectivity index (χ0) is 10.9. The van der Waals surface area contributed by atoms with E-state index in [-0.39, 0.29) is 6.61 Å². The van der Waals surface area contributed by atoms with E-state index in [1.54, 1.807) is 0 Å². The van der Waals surface area contributed by atoms with Crippen LogP contribution in [0.2, 0.25) is 0 Å². The fourth-order valence-electron chi connectivity index (χ4n) is 1.12. The lowest BCUT2D eigenvalue weighted by molar-refractivity contribution is 0.289. The first-order valence-electron chi connectivity index (χ1n) is 4.99. The highest BCUT2D eigenvalue weighted by atomic mass is 32.1. The lowest BCUT2D eigenvalue weighted by Crippen LogP contribution is -2.35. The highest BCUT2D eigenvalue weighted by Gasteiger charge is 1.94.